The number of methoxy groups -OCH3 is 1. The number of ether oxygens (including phenoxy) is 2. The number of para-hydroxylation sites is 3. The molecule has 0 fully saturated rings. The highest BCUT2D eigenvalue weighted by Gasteiger charge is 2.09. The highest BCUT2D eigenvalue weighted by molar-refractivity contribution is 6.31. The third kappa shape index (κ3) is 8.84. The number of hydrogen-bond donors (Lipinski definition) is 3. The van der Waals surface area contributed by atoms with Crippen LogP contribution in [0.1, 0.15) is 18.9 Å². The number of aliphatic imine (C=N–C) groups is 1. The number of carbonyl (C=O) groups is 1. The van der Waals surface area contributed by atoms with Crippen molar-refractivity contribution in [1.82, 2.24) is 4.98 Å². The van der Waals surface area contributed by atoms with Gasteiger partial charge in [0, 0.05) is 46.6 Å². The van der Waals surface area contributed by atoms with Gasteiger partial charge in [-0.15, -0.1) is 0 Å². The van der Waals surface area contributed by atoms with Crippen molar-refractivity contribution in [1.29, 1.82) is 0 Å². The molecular formula is C36H34ClN5O3. The number of carbonyl (C=O) groups excluding carboxylic acids is 1. The van der Waals surface area contributed by atoms with Crippen LogP contribution in [-0.2, 0) is 9.53 Å². The maximum absolute atomic E-state index is 11.7. The monoisotopic (exact) mass is 619 g/mol. The van der Waals surface area contributed by atoms with Crippen LogP contribution in [0.15, 0.2) is 120 Å². The van der Waals surface area contributed by atoms with Crippen molar-refractivity contribution in [3.05, 3.63) is 125 Å². The number of benzene rings is 4. The molecule has 0 amide bonds. The molecule has 1 aromatic heterocycles. The molecule has 4 aromatic carbocycles. The van der Waals surface area contributed by atoms with Crippen molar-refractivity contribution in [2.24, 2.45) is 4.99 Å². The Balaban J connectivity index is 1.26. The molecule has 8 nitrogen and oxygen atoms in total. The zero-order valence-electron chi connectivity index (χ0n) is 25.1. The molecule has 0 atom stereocenters. The first-order valence-electron chi connectivity index (χ1n) is 14.5. The van der Waals surface area contributed by atoms with E-state index in [1.807, 2.05) is 103 Å². The zero-order valence-corrected chi connectivity index (χ0v) is 25.8. The Kier molecular flexibility index (Phi) is 10.6. The summed E-state index contributed by atoms with van der Waals surface area (Å²) in [4.78, 5) is 21.0. The molecule has 0 saturated carbocycles. The van der Waals surface area contributed by atoms with E-state index in [2.05, 4.69) is 20.9 Å². The van der Waals surface area contributed by atoms with Gasteiger partial charge in [-0.3, -0.25) is 9.98 Å². The number of anilines is 3. The molecule has 0 aliphatic rings. The van der Waals surface area contributed by atoms with Crippen molar-refractivity contribution in [2.45, 2.75) is 13.3 Å². The average Bonchev–Trinajstić information content (AvgIpc) is 3.06. The molecule has 0 spiro atoms. The van der Waals surface area contributed by atoms with Crippen molar-refractivity contribution in [3.8, 4) is 11.5 Å². The maximum Gasteiger partial charge on any atom is 0.333 e. The molecule has 1 heterocycles. The first-order valence-corrected chi connectivity index (χ1v) is 14.9. The van der Waals surface area contributed by atoms with Gasteiger partial charge in [-0.2, -0.15) is 0 Å². The van der Waals surface area contributed by atoms with E-state index >= 15 is 0 Å². The van der Waals surface area contributed by atoms with Gasteiger partial charge in [0.1, 0.15) is 5.75 Å². The van der Waals surface area contributed by atoms with Gasteiger partial charge in [0.15, 0.2) is 11.7 Å². The fourth-order valence-electron chi connectivity index (χ4n) is 4.55. The second kappa shape index (κ2) is 15.4. The normalized spacial score (nSPS) is 11.6. The molecule has 0 aliphatic heterocycles. The van der Waals surface area contributed by atoms with Crippen LogP contribution in [0.4, 0.5) is 17.1 Å². The summed E-state index contributed by atoms with van der Waals surface area (Å²) in [5.41, 5.74) is 4.92. The average molecular weight is 620 g/mol. The van der Waals surface area contributed by atoms with E-state index in [4.69, 9.17) is 26.1 Å². The van der Waals surface area contributed by atoms with E-state index in [-0.39, 0.29) is 5.97 Å². The lowest BCUT2D eigenvalue weighted by atomic mass is 10.1. The third-order valence-electron chi connectivity index (χ3n) is 6.80. The maximum atomic E-state index is 11.7. The number of nitrogens with one attached hydrogen (secondary N) is 3. The van der Waals surface area contributed by atoms with E-state index in [9.17, 15) is 4.79 Å². The van der Waals surface area contributed by atoms with Crippen LogP contribution in [0.25, 0.3) is 17.0 Å². The van der Waals surface area contributed by atoms with Crippen LogP contribution in [0.5, 0.6) is 11.5 Å². The Morgan fingerprint density at radius 2 is 1.69 bits per heavy atom. The summed E-state index contributed by atoms with van der Waals surface area (Å²) in [7, 11) is 1.37. The smallest absolute Gasteiger partial charge is 0.333 e. The van der Waals surface area contributed by atoms with Gasteiger partial charge < -0.3 is 25.4 Å². The Morgan fingerprint density at radius 3 is 2.49 bits per heavy atom. The third-order valence-corrected chi connectivity index (χ3v) is 7.04. The molecule has 0 unspecified atom stereocenters. The van der Waals surface area contributed by atoms with Crippen LogP contribution in [0.3, 0.4) is 0 Å². The summed E-state index contributed by atoms with van der Waals surface area (Å²) in [6.45, 7) is 3.03. The molecule has 0 bridgehead atoms. The van der Waals surface area contributed by atoms with Crippen molar-refractivity contribution in [3.63, 3.8) is 0 Å². The minimum Gasteiger partial charge on any atom is -0.466 e. The predicted molar refractivity (Wildman–Crippen MR) is 184 cm³/mol. The van der Waals surface area contributed by atoms with E-state index in [1.165, 1.54) is 7.11 Å². The van der Waals surface area contributed by atoms with Gasteiger partial charge in [0.2, 0.25) is 0 Å². The molecule has 45 heavy (non-hydrogen) atoms. The quantitative estimate of drug-likeness (QED) is 0.0447. The first-order chi connectivity index (χ1) is 22.0. The predicted octanol–water partition coefficient (Wildman–Crippen LogP) is 8.64. The Bertz CT molecular complexity index is 1810. The van der Waals surface area contributed by atoms with E-state index < -0.39 is 0 Å². The van der Waals surface area contributed by atoms with Crippen LogP contribution in [0, 0.1) is 0 Å². The summed E-state index contributed by atoms with van der Waals surface area (Å²) in [6, 6.07) is 32.8. The second-order valence-electron chi connectivity index (χ2n) is 10.1. The highest BCUT2D eigenvalue weighted by atomic mass is 35.5. The van der Waals surface area contributed by atoms with Crippen LogP contribution < -0.4 is 20.7 Å². The number of aromatic nitrogens is 1. The van der Waals surface area contributed by atoms with E-state index in [1.54, 1.807) is 19.2 Å². The highest BCUT2D eigenvalue weighted by Crippen LogP contribution is 2.30. The molecule has 3 N–H and O–H groups in total. The number of rotatable bonds is 11. The van der Waals surface area contributed by atoms with Crippen molar-refractivity contribution in [2.75, 3.05) is 36.1 Å². The van der Waals surface area contributed by atoms with Crippen molar-refractivity contribution >= 4 is 57.6 Å². The van der Waals surface area contributed by atoms with Gasteiger partial charge in [0.25, 0.3) is 0 Å². The Morgan fingerprint density at radius 1 is 0.911 bits per heavy atom. The van der Waals surface area contributed by atoms with E-state index in [0.717, 1.165) is 46.5 Å². The van der Waals surface area contributed by atoms with Gasteiger partial charge in [0.05, 0.1) is 18.3 Å². The summed E-state index contributed by atoms with van der Waals surface area (Å²) in [5, 5.41) is 12.0. The van der Waals surface area contributed by atoms with Gasteiger partial charge in [-0.1, -0.05) is 54.1 Å². The molecule has 5 aromatic rings. The molecule has 0 aliphatic carbocycles. The lowest BCUT2D eigenvalue weighted by Gasteiger charge is -2.16. The molecule has 228 valence electrons. The fourth-order valence-corrected chi connectivity index (χ4v) is 4.72. The summed E-state index contributed by atoms with van der Waals surface area (Å²) in [6.07, 6.45) is 4.35. The number of pyridine rings is 1. The topological polar surface area (TPSA) is 96.9 Å². The van der Waals surface area contributed by atoms with Crippen LogP contribution >= 0.6 is 11.6 Å². The summed E-state index contributed by atoms with van der Waals surface area (Å²) in [5.74, 6) is 1.53. The Labute approximate surface area is 267 Å². The number of guanidine groups is 1. The number of esters is 1. The molecule has 0 saturated heterocycles. The fraction of sp³-hybridized carbons (Fsp3) is 0.139. The zero-order chi connectivity index (χ0) is 31.4. The lowest BCUT2D eigenvalue weighted by Crippen LogP contribution is -2.23. The summed E-state index contributed by atoms with van der Waals surface area (Å²) < 4.78 is 11.0. The van der Waals surface area contributed by atoms with Gasteiger partial charge in [-0.25, -0.2) is 4.79 Å². The number of halogens is 1. The largest absolute Gasteiger partial charge is 0.466 e. The van der Waals surface area contributed by atoms with Gasteiger partial charge >= 0.3 is 5.97 Å². The minimum atomic E-state index is -0.360. The second-order valence-corrected chi connectivity index (χ2v) is 10.6. The van der Waals surface area contributed by atoms with Crippen LogP contribution in [-0.4, -0.2) is 37.1 Å². The van der Waals surface area contributed by atoms with Crippen molar-refractivity contribution < 1.29 is 14.3 Å². The Hall–Kier alpha value is -5.34. The standard InChI is InChI=1S/C36H34ClN5O3/c1-25(35(43)44-2)23-26-13-16-29(17-14-26)45-34-12-7-6-11-32(34)42-36(41-28-9-4-3-5-10-28)40-21-8-20-38-31-19-22-39-33-24-27(37)15-18-30(31)33/h3-7,9-19,22-24H,8,20-21H2,1-2H3,(H,38,39)(H2,40,41,42)/b25-23+. The minimum absolute atomic E-state index is 0.360. The molecule has 5 rings (SSSR count). The number of hydrogen-bond acceptors (Lipinski definition) is 6. The number of nitrogens with zero attached hydrogens (tertiary/aromatic N) is 2. The van der Waals surface area contributed by atoms with Gasteiger partial charge in [-0.05, 0) is 85.6 Å². The first kappa shape index (κ1) is 31.1. The SMILES string of the molecule is COC(=O)/C(C)=C/c1ccc(Oc2ccccc2NC(=NCCCNc2ccnc3cc(Cl)ccc23)Nc2ccccc2)cc1. The molecule has 0 radical (unpaired) electrons. The van der Waals surface area contributed by atoms with E-state index in [0.29, 0.717) is 34.6 Å². The summed E-state index contributed by atoms with van der Waals surface area (Å²) >= 11 is 6.14. The van der Waals surface area contributed by atoms with Crippen LogP contribution in [0.2, 0.25) is 5.02 Å². The number of fused-ring (bicyclic) bond motifs is 1. The molecular weight excluding hydrogens is 586 g/mol. The lowest BCUT2D eigenvalue weighted by molar-refractivity contribution is -0.135. The molecule has 9 heteroatoms.